The number of hydrogen-bond acceptors (Lipinski definition) is 6. The molecule has 19 heavy (non-hydrogen) atoms. The minimum absolute atomic E-state index is 0.0448. The fourth-order valence-corrected chi connectivity index (χ4v) is 1.36. The predicted octanol–water partition coefficient (Wildman–Crippen LogP) is 0.135. The van der Waals surface area contributed by atoms with E-state index in [0.717, 1.165) is 4.68 Å². The number of ether oxygens (including phenoxy) is 2. The van der Waals surface area contributed by atoms with Crippen molar-refractivity contribution in [2.45, 2.75) is 20.0 Å². The Labute approximate surface area is 110 Å². The standard InChI is InChI=1S/C12H16N2O5/c1-7(2)10(12(17)18-4)19-11(16)8-5-6-9(15)14(3)13-8/h5-7,10H,1-4H3/t10-/m0/s1. The van der Waals surface area contributed by atoms with Crippen LogP contribution in [0.15, 0.2) is 16.9 Å². The second kappa shape index (κ2) is 6.12. The molecule has 0 aliphatic rings. The Kier molecular flexibility index (Phi) is 4.80. The summed E-state index contributed by atoms with van der Waals surface area (Å²) in [6.07, 6.45) is -1.00. The Bertz CT molecular complexity index is 535. The van der Waals surface area contributed by atoms with Crippen molar-refractivity contribution >= 4 is 11.9 Å². The van der Waals surface area contributed by atoms with Gasteiger partial charge in [-0.2, -0.15) is 5.10 Å². The van der Waals surface area contributed by atoms with E-state index in [-0.39, 0.29) is 17.2 Å². The molecule has 0 saturated carbocycles. The molecule has 1 atom stereocenters. The molecule has 0 radical (unpaired) electrons. The van der Waals surface area contributed by atoms with E-state index in [0.29, 0.717) is 0 Å². The number of carbonyl (C=O) groups is 2. The Balaban J connectivity index is 2.90. The second-order valence-corrected chi connectivity index (χ2v) is 4.27. The average Bonchev–Trinajstić information content (AvgIpc) is 2.37. The zero-order valence-corrected chi connectivity index (χ0v) is 11.2. The first-order valence-electron chi connectivity index (χ1n) is 5.70. The van der Waals surface area contributed by atoms with Crippen LogP contribution in [0, 0.1) is 5.92 Å². The van der Waals surface area contributed by atoms with E-state index in [4.69, 9.17) is 4.74 Å². The molecule has 1 rings (SSSR count). The average molecular weight is 268 g/mol. The molecular weight excluding hydrogens is 252 g/mol. The molecule has 7 nitrogen and oxygen atoms in total. The largest absolute Gasteiger partial charge is 0.466 e. The van der Waals surface area contributed by atoms with Crippen molar-refractivity contribution in [3.8, 4) is 0 Å². The van der Waals surface area contributed by atoms with E-state index >= 15 is 0 Å². The van der Waals surface area contributed by atoms with Gasteiger partial charge in [-0.3, -0.25) is 4.79 Å². The highest BCUT2D eigenvalue weighted by Crippen LogP contribution is 2.10. The van der Waals surface area contributed by atoms with Crippen LogP contribution >= 0.6 is 0 Å². The summed E-state index contributed by atoms with van der Waals surface area (Å²) in [6.45, 7) is 3.45. The van der Waals surface area contributed by atoms with E-state index in [1.54, 1.807) is 13.8 Å². The smallest absolute Gasteiger partial charge is 0.359 e. The predicted molar refractivity (Wildman–Crippen MR) is 65.5 cm³/mol. The second-order valence-electron chi connectivity index (χ2n) is 4.27. The number of methoxy groups -OCH3 is 1. The van der Waals surface area contributed by atoms with Gasteiger partial charge in [0.2, 0.25) is 6.10 Å². The molecule has 0 saturated heterocycles. The van der Waals surface area contributed by atoms with E-state index in [1.165, 1.54) is 26.3 Å². The first-order chi connectivity index (χ1) is 8.86. The third kappa shape index (κ3) is 3.64. The number of esters is 2. The van der Waals surface area contributed by atoms with E-state index in [2.05, 4.69) is 9.84 Å². The van der Waals surface area contributed by atoms with Gasteiger partial charge in [-0.15, -0.1) is 0 Å². The van der Waals surface area contributed by atoms with Gasteiger partial charge in [0.15, 0.2) is 5.69 Å². The molecule has 1 aromatic rings. The Hall–Kier alpha value is -2.18. The Morgan fingerprint density at radius 3 is 2.42 bits per heavy atom. The van der Waals surface area contributed by atoms with E-state index < -0.39 is 18.0 Å². The van der Waals surface area contributed by atoms with Gasteiger partial charge in [0.25, 0.3) is 5.56 Å². The van der Waals surface area contributed by atoms with Crippen molar-refractivity contribution in [1.29, 1.82) is 0 Å². The summed E-state index contributed by atoms with van der Waals surface area (Å²) in [5, 5.41) is 3.75. The Morgan fingerprint density at radius 1 is 1.32 bits per heavy atom. The van der Waals surface area contributed by atoms with Crippen molar-refractivity contribution in [3.63, 3.8) is 0 Å². The Morgan fingerprint density at radius 2 is 1.95 bits per heavy atom. The fourth-order valence-electron chi connectivity index (χ4n) is 1.36. The minimum atomic E-state index is -1.00. The number of nitrogens with zero attached hydrogens (tertiary/aromatic N) is 2. The highest BCUT2D eigenvalue weighted by Gasteiger charge is 2.28. The fraction of sp³-hybridized carbons (Fsp3) is 0.500. The number of aromatic nitrogens is 2. The number of hydrogen-bond donors (Lipinski definition) is 0. The van der Waals surface area contributed by atoms with Crippen LogP contribution in [0.2, 0.25) is 0 Å². The molecule has 0 fully saturated rings. The molecule has 104 valence electrons. The van der Waals surface area contributed by atoms with Gasteiger partial charge >= 0.3 is 11.9 Å². The zero-order valence-electron chi connectivity index (χ0n) is 11.2. The van der Waals surface area contributed by atoms with Crippen LogP contribution in [-0.2, 0) is 21.3 Å². The van der Waals surface area contributed by atoms with Crippen LogP contribution in [-0.4, -0.2) is 34.9 Å². The van der Waals surface area contributed by atoms with Crippen LogP contribution in [0.1, 0.15) is 24.3 Å². The normalized spacial score (nSPS) is 12.1. The molecule has 0 aliphatic heterocycles. The number of aryl methyl sites for hydroxylation is 1. The molecule has 0 unspecified atom stereocenters. The molecule has 0 bridgehead atoms. The van der Waals surface area contributed by atoms with Crippen LogP contribution < -0.4 is 5.56 Å². The van der Waals surface area contributed by atoms with Crippen molar-refractivity contribution in [3.05, 3.63) is 28.2 Å². The maximum atomic E-state index is 11.8. The van der Waals surface area contributed by atoms with Gasteiger partial charge < -0.3 is 9.47 Å². The molecule has 0 N–H and O–H groups in total. The third-order valence-electron chi connectivity index (χ3n) is 2.44. The van der Waals surface area contributed by atoms with Crippen molar-refractivity contribution < 1.29 is 19.1 Å². The zero-order chi connectivity index (χ0) is 14.6. The van der Waals surface area contributed by atoms with Crippen LogP contribution in [0.5, 0.6) is 0 Å². The molecule has 1 heterocycles. The minimum Gasteiger partial charge on any atom is -0.466 e. The molecule has 1 aromatic heterocycles. The van der Waals surface area contributed by atoms with Gasteiger partial charge in [-0.1, -0.05) is 13.8 Å². The van der Waals surface area contributed by atoms with Crippen LogP contribution in [0.4, 0.5) is 0 Å². The number of carbonyl (C=O) groups excluding carboxylic acids is 2. The molecule has 0 aliphatic carbocycles. The van der Waals surface area contributed by atoms with E-state index in [1.807, 2.05) is 0 Å². The van der Waals surface area contributed by atoms with Crippen molar-refractivity contribution in [1.82, 2.24) is 9.78 Å². The van der Waals surface area contributed by atoms with Gasteiger partial charge in [-0.25, -0.2) is 14.3 Å². The molecule has 7 heteroatoms. The van der Waals surface area contributed by atoms with Gasteiger partial charge in [0, 0.05) is 19.0 Å². The van der Waals surface area contributed by atoms with Gasteiger partial charge in [0.1, 0.15) is 0 Å². The molecule has 0 spiro atoms. The SMILES string of the molecule is COC(=O)[C@@H](OC(=O)c1ccc(=O)n(C)n1)C(C)C. The van der Waals surface area contributed by atoms with Crippen molar-refractivity contribution in [2.75, 3.05) is 7.11 Å². The molecule has 0 amide bonds. The summed E-state index contributed by atoms with van der Waals surface area (Å²) in [5.74, 6) is -1.64. The first-order valence-corrected chi connectivity index (χ1v) is 5.70. The monoisotopic (exact) mass is 268 g/mol. The quantitative estimate of drug-likeness (QED) is 0.721. The lowest BCUT2D eigenvalue weighted by Gasteiger charge is -2.18. The molecular formula is C12H16N2O5. The van der Waals surface area contributed by atoms with Crippen LogP contribution in [0.3, 0.4) is 0 Å². The first kappa shape index (κ1) is 14.9. The summed E-state index contributed by atoms with van der Waals surface area (Å²) >= 11 is 0. The lowest BCUT2D eigenvalue weighted by molar-refractivity contribution is -0.153. The maximum absolute atomic E-state index is 11.8. The van der Waals surface area contributed by atoms with Crippen molar-refractivity contribution in [2.24, 2.45) is 13.0 Å². The lowest BCUT2D eigenvalue weighted by atomic mass is 10.1. The summed E-state index contributed by atoms with van der Waals surface area (Å²) < 4.78 is 10.6. The summed E-state index contributed by atoms with van der Waals surface area (Å²) in [6, 6.07) is 2.45. The number of rotatable bonds is 4. The highest BCUT2D eigenvalue weighted by atomic mass is 16.6. The molecule has 0 aromatic carbocycles. The maximum Gasteiger partial charge on any atom is 0.359 e. The summed E-state index contributed by atoms with van der Waals surface area (Å²) in [4.78, 5) is 34.5. The summed E-state index contributed by atoms with van der Waals surface area (Å²) in [7, 11) is 2.63. The topological polar surface area (TPSA) is 87.5 Å². The van der Waals surface area contributed by atoms with Gasteiger partial charge in [0.05, 0.1) is 7.11 Å². The highest BCUT2D eigenvalue weighted by molar-refractivity contribution is 5.89. The summed E-state index contributed by atoms with van der Waals surface area (Å²) in [5.41, 5.74) is -0.387. The third-order valence-corrected chi connectivity index (χ3v) is 2.44. The van der Waals surface area contributed by atoms with Gasteiger partial charge in [-0.05, 0) is 6.07 Å². The lowest BCUT2D eigenvalue weighted by Crippen LogP contribution is -2.34. The van der Waals surface area contributed by atoms with E-state index in [9.17, 15) is 14.4 Å². The van der Waals surface area contributed by atoms with Crippen LogP contribution in [0.25, 0.3) is 0 Å².